The fourth-order valence-electron chi connectivity index (χ4n) is 2.24. The van der Waals surface area contributed by atoms with Crippen molar-refractivity contribution in [3.8, 4) is 0 Å². The Bertz CT molecular complexity index is 332. The number of aryl methyl sites for hydroxylation is 2. The molecule has 4 heteroatoms. The number of rotatable bonds is 4. The maximum Gasteiger partial charge on any atom is 0.0797 e. The zero-order valence-electron chi connectivity index (χ0n) is 9.74. The van der Waals surface area contributed by atoms with Crippen molar-refractivity contribution in [2.24, 2.45) is 5.41 Å². The predicted octanol–water partition coefficient (Wildman–Crippen LogP) is 2.17. The highest BCUT2D eigenvalue weighted by atomic mass is 32.1. The zero-order chi connectivity index (χ0) is 11.4. The minimum absolute atomic E-state index is 0.0919. The number of hydrogen-bond acceptors (Lipinski definition) is 4. The van der Waals surface area contributed by atoms with Crippen LogP contribution in [0.15, 0.2) is 5.51 Å². The molecule has 0 spiro atoms. The molecule has 1 aliphatic heterocycles. The van der Waals surface area contributed by atoms with Gasteiger partial charge in [-0.15, -0.1) is 11.3 Å². The molecule has 2 heterocycles. The lowest BCUT2D eigenvalue weighted by Gasteiger charge is -2.35. The second kappa shape index (κ2) is 5.25. The highest BCUT2D eigenvalue weighted by molar-refractivity contribution is 7.09. The van der Waals surface area contributed by atoms with E-state index in [1.54, 1.807) is 11.3 Å². The van der Waals surface area contributed by atoms with Crippen molar-refractivity contribution in [1.29, 1.82) is 0 Å². The number of thiazole rings is 1. The van der Waals surface area contributed by atoms with Crippen molar-refractivity contribution in [2.75, 3.05) is 19.8 Å². The molecule has 1 aromatic rings. The lowest BCUT2D eigenvalue weighted by Crippen LogP contribution is -2.33. The summed E-state index contributed by atoms with van der Waals surface area (Å²) in [5.74, 6) is 0. The normalized spacial score (nSPS) is 19.9. The van der Waals surface area contributed by atoms with E-state index in [9.17, 15) is 5.11 Å². The third kappa shape index (κ3) is 2.62. The van der Waals surface area contributed by atoms with Gasteiger partial charge >= 0.3 is 0 Å². The Hall–Kier alpha value is -0.450. The second-order valence-electron chi connectivity index (χ2n) is 4.63. The summed E-state index contributed by atoms with van der Waals surface area (Å²) in [5.41, 5.74) is 3.14. The van der Waals surface area contributed by atoms with Crippen molar-refractivity contribution in [3.05, 3.63) is 16.1 Å². The molecule has 90 valence electrons. The topological polar surface area (TPSA) is 42.4 Å². The van der Waals surface area contributed by atoms with E-state index in [1.807, 2.05) is 5.51 Å². The molecule has 0 unspecified atom stereocenters. The molecule has 1 saturated heterocycles. The standard InChI is InChI=1S/C12H19NO2S/c1-10-11(16-9-13-10)2-3-12(8-14)4-6-15-7-5-12/h9,14H,2-8H2,1H3. The van der Waals surface area contributed by atoms with E-state index in [4.69, 9.17) is 4.74 Å². The van der Waals surface area contributed by atoms with Crippen molar-refractivity contribution >= 4 is 11.3 Å². The molecular formula is C12H19NO2S. The molecule has 2 rings (SSSR count). The SMILES string of the molecule is Cc1ncsc1CCC1(CO)CCOCC1. The molecule has 1 aliphatic rings. The van der Waals surface area contributed by atoms with Gasteiger partial charge in [-0.2, -0.15) is 0 Å². The van der Waals surface area contributed by atoms with Gasteiger partial charge in [-0.25, -0.2) is 4.98 Å². The molecule has 1 aromatic heterocycles. The Morgan fingerprint density at radius 1 is 1.50 bits per heavy atom. The summed E-state index contributed by atoms with van der Waals surface area (Å²) in [7, 11) is 0. The Kier molecular flexibility index (Phi) is 3.95. The van der Waals surface area contributed by atoms with E-state index in [0.717, 1.165) is 44.6 Å². The van der Waals surface area contributed by atoms with E-state index in [1.165, 1.54) is 4.88 Å². The third-order valence-corrected chi connectivity index (χ3v) is 4.61. The molecule has 0 bridgehead atoms. The Labute approximate surface area is 100 Å². The number of ether oxygens (including phenoxy) is 1. The van der Waals surface area contributed by atoms with Crippen LogP contribution in [0.25, 0.3) is 0 Å². The number of aliphatic hydroxyl groups excluding tert-OH is 1. The van der Waals surface area contributed by atoms with Gasteiger partial charge in [-0.1, -0.05) is 0 Å². The fraction of sp³-hybridized carbons (Fsp3) is 0.750. The Balaban J connectivity index is 1.94. The quantitative estimate of drug-likeness (QED) is 0.878. The van der Waals surface area contributed by atoms with Gasteiger partial charge in [0.05, 0.1) is 11.2 Å². The van der Waals surface area contributed by atoms with Crippen molar-refractivity contribution in [1.82, 2.24) is 4.98 Å². The summed E-state index contributed by atoms with van der Waals surface area (Å²) < 4.78 is 5.37. The van der Waals surface area contributed by atoms with E-state index in [-0.39, 0.29) is 12.0 Å². The van der Waals surface area contributed by atoms with Crippen LogP contribution in [0.1, 0.15) is 29.8 Å². The molecule has 3 nitrogen and oxygen atoms in total. The van der Waals surface area contributed by atoms with Crippen LogP contribution in [0.5, 0.6) is 0 Å². The average Bonchev–Trinajstić information content (AvgIpc) is 2.74. The maximum absolute atomic E-state index is 9.57. The average molecular weight is 241 g/mol. The first-order valence-corrected chi connectivity index (χ1v) is 6.71. The van der Waals surface area contributed by atoms with E-state index in [2.05, 4.69) is 11.9 Å². The van der Waals surface area contributed by atoms with Crippen LogP contribution in [0.4, 0.5) is 0 Å². The van der Waals surface area contributed by atoms with Crippen LogP contribution in [-0.4, -0.2) is 29.9 Å². The molecule has 0 radical (unpaired) electrons. The first kappa shape index (κ1) is 12.0. The van der Waals surface area contributed by atoms with E-state index < -0.39 is 0 Å². The monoisotopic (exact) mass is 241 g/mol. The maximum atomic E-state index is 9.57. The first-order chi connectivity index (χ1) is 7.76. The molecule has 0 aromatic carbocycles. The molecule has 16 heavy (non-hydrogen) atoms. The van der Waals surface area contributed by atoms with Crippen molar-refractivity contribution in [3.63, 3.8) is 0 Å². The van der Waals surface area contributed by atoms with Gasteiger partial charge < -0.3 is 9.84 Å². The number of nitrogens with zero attached hydrogens (tertiary/aromatic N) is 1. The van der Waals surface area contributed by atoms with Crippen LogP contribution in [0.2, 0.25) is 0 Å². The fourth-order valence-corrected chi connectivity index (χ4v) is 3.02. The van der Waals surface area contributed by atoms with Gasteiger partial charge in [-0.05, 0) is 38.0 Å². The Morgan fingerprint density at radius 3 is 2.81 bits per heavy atom. The van der Waals surface area contributed by atoms with Gasteiger partial charge in [0, 0.05) is 24.7 Å². The summed E-state index contributed by atoms with van der Waals surface area (Å²) >= 11 is 1.72. The van der Waals surface area contributed by atoms with E-state index in [0.29, 0.717) is 0 Å². The van der Waals surface area contributed by atoms with Crippen LogP contribution < -0.4 is 0 Å². The second-order valence-corrected chi connectivity index (χ2v) is 5.57. The van der Waals surface area contributed by atoms with Crippen LogP contribution in [0.3, 0.4) is 0 Å². The smallest absolute Gasteiger partial charge is 0.0797 e. The highest BCUT2D eigenvalue weighted by Gasteiger charge is 2.31. The lowest BCUT2D eigenvalue weighted by atomic mass is 9.77. The highest BCUT2D eigenvalue weighted by Crippen LogP contribution is 2.35. The van der Waals surface area contributed by atoms with Gasteiger partial charge in [-0.3, -0.25) is 0 Å². The lowest BCUT2D eigenvalue weighted by molar-refractivity contribution is -0.0203. The van der Waals surface area contributed by atoms with Gasteiger partial charge in [0.2, 0.25) is 0 Å². The van der Waals surface area contributed by atoms with Crippen LogP contribution in [0, 0.1) is 12.3 Å². The van der Waals surface area contributed by atoms with Crippen molar-refractivity contribution < 1.29 is 9.84 Å². The summed E-state index contributed by atoms with van der Waals surface area (Å²) in [6, 6.07) is 0. The minimum Gasteiger partial charge on any atom is -0.396 e. The van der Waals surface area contributed by atoms with Gasteiger partial charge in [0.25, 0.3) is 0 Å². The number of aromatic nitrogens is 1. The van der Waals surface area contributed by atoms with Crippen LogP contribution >= 0.6 is 11.3 Å². The summed E-state index contributed by atoms with van der Waals surface area (Å²) in [6.07, 6.45) is 4.07. The third-order valence-electron chi connectivity index (χ3n) is 3.62. The summed E-state index contributed by atoms with van der Waals surface area (Å²) in [4.78, 5) is 5.62. The van der Waals surface area contributed by atoms with E-state index >= 15 is 0 Å². The van der Waals surface area contributed by atoms with Crippen LogP contribution in [-0.2, 0) is 11.2 Å². The van der Waals surface area contributed by atoms with Gasteiger partial charge in [0.15, 0.2) is 0 Å². The molecule has 0 saturated carbocycles. The molecule has 0 atom stereocenters. The molecular weight excluding hydrogens is 222 g/mol. The summed E-state index contributed by atoms with van der Waals surface area (Å²) in [6.45, 7) is 3.93. The summed E-state index contributed by atoms with van der Waals surface area (Å²) in [5, 5.41) is 9.57. The largest absolute Gasteiger partial charge is 0.396 e. The number of hydrogen-bond donors (Lipinski definition) is 1. The Morgan fingerprint density at radius 2 is 2.25 bits per heavy atom. The molecule has 1 fully saturated rings. The molecule has 0 aliphatic carbocycles. The first-order valence-electron chi connectivity index (χ1n) is 5.83. The predicted molar refractivity (Wildman–Crippen MR) is 64.7 cm³/mol. The van der Waals surface area contributed by atoms with Crippen molar-refractivity contribution in [2.45, 2.75) is 32.6 Å². The zero-order valence-corrected chi connectivity index (χ0v) is 10.6. The minimum atomic E-state index is 0.0919. The van der Waals surface area contributed by atoms with Gasteiger partial charge in [0.1, 0.15) is 0 Å². The number of aliphatic hydroxyl groups is 1. The molecule has 1 N–H and O–H groups in total. The molecule has 0 amide bonds.